The third-order valence-corrected chi connectivity index (χ3v) is 5.82. The highest BCUT2D eigenvalue weighted by molar-refractivity contribution is 7.89. The first-order valence-corrected chi connectivity index (χ1v) is 9.66. The number of nitrogens with two attached hydrogens (primary N) is 1. The number of carbonyl (C=O) groups excluding carboxylic acids is 1. The van der Waals surface area contributed by atoms with Crippen LogP contribution in [-0.2, 0) is 14.8 Å². The molecule has 1 amide bonds. The summed E-state index contributed by atoms with van der Waals surface area (Å²) in [4.78, 5) is 11.6. The topological polar surface area (TPSA) is 101 Å². The van der Waals surface area contributed by atoms with Crippen molar-refractivity contribution < 1.29 is 17.6 Å². The number of rotatable bonds is 7. The highest BCUT2D eigenvalue weighted by Crippen LogP contribution is 2.23. The minimum absolute atomic E-state index is 0. The third kappa shape index (κ3) is 6.22. The first-order chi connectivity index (χ1) is 11.4. The minimum atomic E-state index is -3.96. The van der Waals surface area contributed by atoms with Crippen LogP contribution >= 0.6 is 12.4 Å². The van der Waals surface area contributed by atoms with Crippen LogP contribution in [0.3, 0.4) is 0 Å². The van der Waals surface area contributed by atoms with Gasteiger partial charge in [0.15, 0.2) is 0 Å². The fourth-order valence-corrected chi connectivity index (χ4v) is 4.11. The molecule has 0 aliphatic heterocycles. The molecular weight excluding hydrogens is 369 g/mol. The van der Waals surface area contributed by atoms with Gasteiger partial charge in [-0.1, -0.05) is 25.0 Å². The Kier molecular flexibility index (Phi) is 8.78. The van der Waals surface area contributed by atoms with Crippen LogP contribution in [0, 0.1) is 11.7 Å². The third-order valence-electron chi connectivity index (χ3n) is 4.33. The van der Waals surface area contributed by atoms with Crippen LogP contribution in [0.1, 0.15) is 32.1 Å². The normalized spacial score (nSPS) is 20.6. The fourth-order valence-electron chi connectivity index (χ4n) is 3.00. The zero-order valence-corrected chi connectivity index (χ0v) is 15.5. The van der Waals surface area contributed by atoms with E-state index in [1.807, 2.05) is 0 Å². The van der Waals surface area contributed by atoms with Crippen molar-refractivity contribution >= 4 is 28.3 Å². The smallest absolute Gasteiger partial charge is 0.243 e. The molecule has 4 N–H and O–H groups in total. The Hall–Kier alpha value is -1.22. The molecule has 6 nitrogen and oxygen atoms in total. The zero-order valence-electron chi connectivity index (χ0n) is 13.9. The highest BCUT2D eigenvalue weighted by Gasteiger charge is 2.25. The van der Waals surface area contributed by atoms with E-state index in [9.17, 15) is 17.6 Å². The maximum atomic E-state index is 13.6. The lowest BCUT2D eigenvalue weighted by Gasteiger charge is -2.31. The molecule has 1 fully saturated rings. The molecule has 25 heavy (non-hydrogen) atoms. The van der Waals surface area contributed by atoms with Gasteiger partial charge in [0.1, 0.15) is 10.7 Å². The second-order valence-corrected chi connectivity index (χ2v) is 7.77. The van der Waals surface area contributed by atoms with Gasteiger partial charge in [-0.15, -0.1) is 12.4 Å². The van der Waals surface area contributed by atoms with Crippen molar-refractivity contribution in [3.63, 3.8) is 0 Å². The molecule has 0 saturated heterocycles. The van der Waals surface area contributed by atoms with Crippen molar-refractivity contribution in [2.45, 2.75) is 43.0 Å². The van der Waals surface area contributed by atoms with Gasteiger partial charge < -0.3 is 11.1 Å². The molecular formula is C16H25ClFN3O3S. The lowest BCUT2D eigenvalue weighted by atomic mass is 9.84. The van der Waals surface area contributed by atoms with Crippen LogP contribution in [0.5, 0.6) is 0 Å². The van der Waals surface area contributed by atoms with Gasteiger partial charge in [-0.2, -0.15) is 0 Å². The maximum absolute atomic E-state index is 13.6. The van der Waals surface area contributed by atoms with Crippen LogP contribution in [0.4, 0.5) is 4.39 Å². The Balaban J connectivity index is 0.00000312. The Morgan fingerprint density at radius 3 is 2.60 bits per heavy atom. The van der Waals surface area contributed by atoms with Gasteiger partial charge in [0.05, 0.1) is 0 Å². The average molecular weight is 394 g/mol. The van der Waals surface area contributed by atoms with Crippen LogP contribution in [0.25, 0.3) is 0 Å². The molecule has 1 aromatic carbocycles. The van der Waals surface area contributed by atoms with Gasteiger partial charge in [-0.05, 0) is 37.4 Å². The maximum Gasteiger partial charge on any atom is 0.243 e. The monoisotopic (exact) mass is 393 g/mol. The van der Waals surface area contributed by atoms with Gasteiger partial charge in [0, 0.05) is 19.0 Å². The number of nitrogens with one attached hydrogen (secondary N) is 2. The van der Waals surface area contributed by atoms with E-state index in [1.165, 1.54) is 18.2 Å². The lowest BCUT2D eigenvalue weighted by Crippen LogP contribution is -2.45. The summed E-state index contributed by atoms with van der Waals surface area (Å²) in [5.41, 5.74) is 5.73. The number of sulfonamides is 1. The Morgan fingerprint density at radius 1 is 1.24 bits per heavy atom. The van der Waals surface area contributed by atoms with Crippen LogP contribution in [0.15, 0.2) is 29.2 Å². The zero-order chi connectivity index (χ0) is 17.6. The first kappa shape index (κ1) is 21.8. The number of benzene rings is 1. The van der Waals surface area contributed by atoms with E-state index in [0.29, 0.717) is 6.54 Å². The van der Waals surface area contributed by atoms with Crippen molar-refractivity contribution in [1.29, 1.82) is 0 Å². The first-order valence-electron chi connectivity index (χ1n) is 8.17. The van der Waals surface area contributed by atoms with E-state index in [-0.39, 0.29) is 43.2 Å². The van der Waals surface area contributed by atoms with E-state index >= 15 is 0 Å². The molecule has 0 radical (unpaired) electrons. The molecule has 2 atom stereocenters. The molecule has 0 aromatic heterocycles. The van der Waals surface area contributed by atoms with Gasteiger partial charge in [-0.3, -0.25) is 4.79 Å². The predicted octanol–water partition coefficient (Wildman–Crippen LogP) is 1.55. The largest absolute Gasteiger partial charge is 0.353 e. The molecule has 0 spiro atoms. The van der Waals surface area contributed by atoms with Gasteiger partial charge in [0.2, 0.25) is 15.9 Å². The number of amides is 1. The second kappa shape index (κ2) is 10.1. The number of hydrogen-bond donors (Lipinski definition) is 3. The van der Waals surface area contributed by atoms with Crippen LogP contribution in [-0.4, -0.2) is 33.5 Å². The predicted molar refractivity (Wildman–Crippen MR) is 96.4 cm³/mol. The number of hydrogen-bond acceptors (Lipinski definition) is 4. The molecule has 0 heterocycles. The molecule has 1 aromatic rings. The molecule has 2 rings (SSSR count). The van der Waals surface area contributed by atoms with E-state index in [0.717, 1.165) is 31.7 Å². The molecule has 9 heteroatoms. The Bertz CT molecular complexity index is 672. The van der Waals surface area contributed by atoms with Crippen molar-refractivity contribution in [1.82, 2.24) is 10.0 Å². The molecule has 1 aliphatic carbocycles. The van der Waals surface area contributed by atoms with Gasteiger partial charge in [-0.25, -0.2) is 17.5 Å². The molecule has 2 unspecified atom stereocenters. The minimum Gasteiger partial charge on any atom is -0.353 e. The second-order valence-electron chi connectivity index (χ2n) is 6.03. The highest BCUT2D eigenvalue weighted by atomic mass is 35.5. The summed E-state index contributed by atoms with van der Waals surface area (Å²) in [7, 11) is -3.96. The lowest BCUT2D eigenvalue weighted by molar-refractivity contribution is -0.122. The quantitative estimate of drug-likeness (QED) is 0.654. The molecule has 0 bridgehead atoms. The molecule has 142 valence electrons. The molecule has 1 saturated carbocycles. The Morgan fingerprint density at radius 2 is 1.92 bits per heavy atom. The standard InChI is InChI=1S/C16H24FN3O3S.ClH/c17-13-6-2-4-8-15(13)24(22,23)19-10-9-16(21)20-14-7-3-1-5-12(14)11-18;/h2,4,6,8,12,14,19H,1,3,5,7,9-11,18H2,(H,20,21);1H. The number of halogens is 2. The summed E-state index contributed by atoms with van der Waals surface area (Å²) >= 11 is 0. The summed E-state index contributed by atoms with van der Waals surface area (Å²) in [5, 5.41) is 2.93. The summed E-state index contributed by atoms with van der Waals surface area (Å²) in [5.74, 6) is -0.767. The summed E-state index contributed by atoms with van der Waals surface area (Å²) < 4.78 is 39.9. The van der Waals surface area contributed by atoms with E-state index in [2.05, 4.69) is 10.0 Å². The van der Waals surface area contributed by atoms with E-state index < -0.39 is 20.7 Å². The van der Waals surface area contributed by atoms with Crippen molar-refractivity contribution in [2.75, 3.05) is 13.1 Å². The van der Waals surface area contributed by atoms with Crippen LogP contribution in [0.2, 0.25) is 0 Å². The van der Waals surface area contributed by atoms with Crippen molar-refractivity contribution in [3.05, 3.63) is 30.1 Å². The van der Waals surface area contributed by atoms with E-state index in [4.69, 9.17) is 5.73 Å². The van der Waals surface area contributed by atoms with Gasteiger partial charge >= 0.3 is 0 Å². The average Bonchev–Trinajstić information content (AvgIpc) is 2.55. The molecule has 1 aliphatic rings. The Labute approximate surface area is 154 Å². The van der Waals surface area contributed by atoms with Crippen molar-refractivity contribution in [2.24, 2.45) is 11.7 Å². The fraction of sp³-hybridized carbons (Fsp3) is 0.562. The van der Waals surface area contributed by atoms with Gasteiger partial charge in [0.25, 0.3) is 0 Å². The number of carbonyl (C=O) groups is 1. The summed E-state index contributed by atoms with van der Waals surface area (Å²) in [6, 6.07) is 5.18. The van der Waals surface area contributed by atoms with E-state index in [1.54, 1.807) is 0 Å². The summed E-state index contributed by atoms with van der Waals surface area (Å²) in [6.07, 6.45) is 4.08. The van der Waals surface area contributed by atoms with Crippen molar-refractivity contribution in [3.8, 4) is 0 Å². The van der Waals surface area contributed by atoms with Crippen LogP contribution < -0.4 is 15.8 Å². The SMILES string of the molecule is Cl.NCC1CCCCC1NC(=O)CCNS(=O)(=O)c1ccccc1F. The summed E-state index contributed by atoms with van der Waals surface area (Å²) in [6.45, 7) is 0.452.